The zero-order valence-corrected chi connectivity index (χ0v) is 26.3. The molecule has 232 valence electrons. The Kier molecular flexibility index (Phi) is 9.38. The monoisotopic (exact) mass is 618 g/mol. The van der Waals surface area contributed by atoms with Crippen LogP contribution in [-0.4, -0.2) is 81.8 Å². The predicted octanol–water partition coefficient (Wildman–Crippen LogP) is 5.18. The van der Waals surface area contributed by atoms with Crippen molar-refractivity contribution >= 4 is 38.5 Å². The average molecular weight is 619 g/mol. The number of aromatic nitrogens is 1. The quantitative estimate of drug-likeness (QED) is 0.244. The van der Waals surface area contributed by atoms with Gasteiger partial charge in [-0.2, -0.15) is 0 Å². The number of esters is 1. The van der Waals surface area contributed by atoms with Crippen molar-refractivity contribution in [3.8, 4) is 11.1 Å². The fourth-order valence-electron chi connectivity index (χ4n) is 5.50. The number of rotatable bonds is 10. The maximum absolute atomic E-state index is 14.2. The smallest absolute Gasteiger partial charge is 0.337 e. The molecule has 4 aromatic rings. The van der Waals surface area contributed by atoms with Gasteiger partial charge in [0, 0.05) is 42.6 Å². The number of methoxy groups -OCH3 is 1. The summed E-state index contributed by atoms with van der Waals surface area (Å²) < 4.78 is 39.7. The Bertz CT molecular complexity index is 1750. The third-order valence-electron chi connectivity index (χ3n) is 7.58. The van der Waals surface area contributed by atoms with Gasteiger partial charge in [0.15, 0.2) is 0 Å². The van der Waals surface area contributed by atoms with E-state index in [2.05, 4.69) is 4.98 Å². The number of nitrogens with zero attached hydrogens (tertiary/aromatic N) is 3. The van der Waals surface area contributed by atoms with Crippen LogP contribution in [0, 0.1) is 5.92 Å². The number of amides is 1. The normalized spacial score (nSPS) is 14.1. The number of morpholine rings is 1. The Morgan fingerprint density at radius 1 is 1.00 bits per heavy atom. The number of hydrogen-bond acceptors (Lipinski definition) is 7. The molecule has 1 aliphatic heterocycles. The minimum Gasteiger partial charge on any atom is -0.465 e. The highest BCUT2D eigenvalue weighted by Gasteiger charge is 2.30. The lowest BCUT2D eigenvalue weighted by Gasteiger charge is -2.36. The molecule has 1 amide bonds. The Balaban J connectivity index is 1.71. The van der Waals surface area contributed by atoms with E-state index in [1.165, 1.54) is 11.4 Å². The van der Waals surface area contributed by atoms with Gasteiger partial charge in [-0.1, -0.05) is 44.2 Å². The molecule has 1 N–H and O–H groups in total. The molecule has 0 bridgehead atoms. The van der Waals surface area contributed by atoms with Gasteiger partial charge in [-0.25, -0.2) is 18.2 Å². The summed E-state index contributed by atoms with van der Waals surface area (Å²) >= 11 is 0. The maximum atomic E-state index is 14.2. The minimum absolute atomic E-state index is 0.0374. The van der Waals surface area contributed by atoms with Gasteiger partial charge in [0.25, 0.3) is 15.9 Å². The average Bonchev–Trinajstić information content (AvgIpc) is 3.43. The summed E-state index contributed by atoms with van der Waals surface area (Å²) in [6.45, 7) is 8.76. The Morgan fingerprint density at radius 3 is 2.39 bits per heavy atom. The number of benzene rings is 3. The minimum atomic E-state index is -3.89. The molecule has 3 aromatic carbocycles. The molecule has 0 radical (unpaired) electrons. The predicted molar refractivity (Wildman–Crippen MR) is 170 cm³/mol. The van der Waals surface area contributed by atoms with Gasteiger partial charge in [-0.05, 0) is 60.9 Å². The zero-order chi connectivity index (χ0) is 31.4. The Labute approximate surface area is 258 Å². The summed E-state index contributed by atoms with van der Waals surface area (Å²) in [5, 5.41) is 4.34. The van der Waals surface area contributed by atoms with E-state index in [1.807, 2.05) is 31.8 Å². The molecule has 11 heteroatoms. The Morgan fingerprint density at radius 2 is 1.73 bits per heavy atom. The molecule has 1 aromatic heterocycles. The second-order valence-electron chi connectivity index (χ2n) is 11.0. The highest BCUT2D eigenvalue weighted by atomic mass is 32.2. The number of anilines is 1. The van der Waals surface area contributed by atoms with Crippen molar-refractivity contribution in [2.75, 3.05) is 50.8 Å². The van der Waals surface area contributed by atoms with E-state index >= 15 is 0 Å². The van der Waals surface area contributed by atoms with Crippen molar-refractivity contribution in [2.24, 2.45) is 5.92 Å². The molecule has 2 heterocycles. The third kappa shape index (κ3) is 6.21. The van der Waals surface area contributed by atoms with Crippen molar-refractivity contribution < 1.29 is 27.5 Å². The number of nitrogens with one attached hydrogen (secondary N) is 1. The molecule has 5 rings (SSSR count). The van der Waals surface area contributed by atoms with Crippen molar-refractivity contribution in [1.29, 1.82) is 0 Å². The third-order valence-corrected chi connectivity index (χ3v) is 9.39. The van der Waals surface area contributed by atoms with Crippen LogP contribution < -0.4 is 4.31 Å². The van der Waals surface area contributed by atoms with Crippen LogP contribution in [0.3, 0.4) is 0 Å². The molecule has 1 saturated heterocycles. The van der Waals surface area contributed by atoms with Gasteiger partial charge in [-0.15, -0.1) is 0 Å². The van der Waals surface area contributed by atoms with Crippen molar-refractivity contribution in [1.82, 2.24) is 15.0 Å². The molecule has 0 atom stereocenters. The fraction of sp³-hybridized carbons (Fsp3) is 0.333. The number of hydrogen-bond donors (Lipinski definition) is 1. The first-order chi connectivity index (χ1) is 21.1. The van der Waals surface area contributed by atoms with Gasteiger partial charge in [-0.3, -0.25) is 14.1 Å². The lowest BCUT2D eigenvalue weighted by molar-refractivity contribution is -0.0677. The summed E-state index contributed by atoms with van der Waals surface area (Å²) in [6, 6.07) is 20.6. The van der Waals surface area contributed by atoms with E-state index in [9.17, 15) is 18.0 Å². The van der Waals surface area contributed by atoms with E-state index < -0.39 is 16.0 Å². The van der Waals surface area contributed by atoms with Crippen LogP contribution in [0.2, 0.25) is 0 Å². The number of hydrazine groups is 1. The fourth-order valence-corrected chi connectivity index (χ4v) is 7.15. The molecule has 1 fully saturated rings. The van der Waals surface area contributed by atoms with Gasteiger partial charge in [0.1, 0.15) is 5.69 Å². The number of aromatic amines is 1. The number of fused-ring (bicyclic) bond motifs is 1. The van der Waals surface area contributed by atoms with Crippen LogP contribution in [0.25, 0.3) is 22.0 Å². The van der Waals surface area contributed by atoms with Gasteiger partial charge in [0.2, 0.25) is 0 Å². The standard InChI is InChI=1S/C33H38N4O6S/c1-5-36(35-16-18-43-19-17-35)32(38)31-30(24-10-9-11-25(20-24)33(39)42-4)28-21-26(14-15-29(28)34-31)37(22-23(2)3)44(40,41)27-12-7-6-8-13-27/h6-15,20-21,23,34H,5,16-19,22H2,1-4H3. The van der Waals surface area contributed by atoms with Crippen LogP contribution in [0.5, 0.6) is 0 Å². The summed E-state index contributed by atoms with van der Waals surface area (Å²) in [7, 11) is -2.57. The summed E-state index contributed by atoms with van der Waals surface area (Å²) in [5.41, 5.74) is 3.01. The molecule has 0 spiro atoms. The van der Waals surface area contributed by atoms with Crippen LogP contribution in [0.15, 0.2) is 77.7 Å². The van der Waals surface area contributed by atoms with Crippen LogP contribution in [-0.2, 0) is 19.5 Å². The summed E-state index contributed by atoms with van der Waals surface area (Å²) in [6.07, 6.45) is 0. The summed E-state index contributed by atoms with van der Waals surface area (Å²) in [4.78, 5) is 30.2. The van der Waals surface area contributed by atoms with E-state index in [4.69, 9.17) is 9.47 Å². The molecule has 0 aliphatic carbocycles. The van der Waals surface area contributed by atoms with Crippen molar-refractivity contribution in [3.05, 3.63) is 84.1 Å². The first kappa shape index (κ1) is 31.2. The lowest BCUT2D eigenvalue weighted by atomic mass is 9.99. The largest absolute Gasteiger partial charge is 0.465 e. The topological polar surface area (TPSA) is 112 Å². The molecule has 0 unspecified atom stereocenters. The molecular weight excluding hydrogens is 580 g/mol. The molecule has 0 saturated carbocycles. The van der Waals surface area contributed by atoms with Crippen molar-refractivity contribution in [3.63, 3.8) is 0 Å². The van der Waals surface area contributed by atoms with E-state index in [-0.39, 0.29) is 23.3 Å². The highest BCUT2D eigenvalue weighted by Crippen LogP contribution is 2.37. The summed E-state index contributed by atoms with van der Waals surface area (Å²) in [5.74, 6) is -0.697. The van der Waals surface area contributed by atoms with E-state index in [1.54, 1.807) is 71.7 Å². The molecule has 10 nitrogen and oxygen atoms in total. The first-order valence-electron chi connectivity index (χ1n) is 14.7. The number of sulfonamides is 1. The zero-order valence-electron chi connectivity index (χ0n) is 25.4. The van der Waals surface area contributed by atoms with E-state index in [0.717, 1.165) is 0 Å². The second-order valence-corrected chi connectivity index (χ2v) is 12.9. The second kappa shape index (κ2) is 13.2. The lowest BCUT2D eigenvalue weighted by Crippen LogP contribution is -2.51. The SMILES string of the molecule is CCN(C(=O)c1[nH]c2ccc(N(CC(C)C)S(=O)(=O)c3ccccc3)cc2c1-c1cccc(C(=O)OC)c1)N1CCOCC1. The van der Waals surface area contributed by atoms with Crippen LogP contribution >= 0.6 is 0 Å². The molecule has 44 heavy (non-hydrogen) atoms. The van der Waals surface area contributed by atoms with E-state index in [0.29, 0.717) is 71.8 Å². The maximum Gasteiger partial charge on any atom is 0.337 e. The Hall–Kier alpha value is -4.19. The van der Waals surface area contributed by atoms with Crippen molar-refractivity contribution in [2.45, 2.75) is 25.7 Å². The number of ether oxygens (including phenoxy) is 2. The molecular formula is C33H38N4O6S. The van der Waals surface area contributed by atoms with Gasteiger partial charge < -0.3 is 14.5 Å². The number of H-pyrrole nitrogens is 1. The van der Waals surface area contributed by atoms with Gasteiger partial charge >= 0.3 is 5.97 Å². The van der Waals surface area contributed by atoms with Crippen LogP contribution in [0.4, 0.5) is 5.69 Å². The number of carbonyl (C=O) groups excluding carboxylic acids is 2. The first-order valence-corrected chi connectivity index (χ1v) is 16.2. The van der Waals surface area contributed by atoms with Crippen LogP contribution in [0.1, 0.15) is 41.6 Å². The van der Waals surface area contributed by atoms with Gasteiger partial charge in [0.05, 0.1) is 36.5 Å². The molecule has 1 aliphatic rings. The highest BCUT2D eigenvalue weighted by molar-refractivity contribution is 7.92. The number of carbonyl (C=O) groups is 2.